The Kier molecular flexibility index (Phi) is 2.41. The van der Waals surface area contributed by atoms with Crippen LogP contribution >= 0.6 is 11.6 Å². The predicted octanol–water partition coefficient (Wildman–Crippen LogP) is 0.523. The summed E-state index contributed by atoms with van der Waals surface area (Å²) in [5, 5.41) is 19.9. The third-order valence-electron chi connectivity index (χ3n) is 2.33. The highest BCUT2D eigenvalue weighted by molar-refractivity contribution is 6.33. The van der Waals surface area contributed by atoms with Gasteiger partial charge in [-0.2, -0.15) is 0 Å². The Bertz CT molecular complexity index is 615. The lowest BCUT2D eigenvalue weighted by Crippen LogP contribution is -2.14. The number of aliphatic hydroxyl groups is 1. The molecule has 1 aromatic carbocycles. The predicted molar refractivity (Wildman–Crippen MR) is 63.3 cm³/mol. The second-order valence-electron chi connectivity index (χ2n) is 3.44. The molecule has 1 heterocycles. The molecule has 0 saturated carbocycles. The van der Waals surface area contributed by atoms with Gasteiger partial charge in [0.05, 0.1) is 17.7 Å². The third-order valence-corrected chi connectivity index (χ3v) is 2.66. The fourth-order valence-electron chi connectivity index (χ4n) is 1.41. The van der Waals surface area contributed by atoms with Crippen molar-refractivity contribution >= 4 is 11.6 Å². The number of tetrazole rings is 1. The van der Waals surface area contributed by atoms with Crippen molar-refractivity contribution in [3.05, 3.63) is 28.8 Å². The van der Waals surface area contributed by atoms with Gasteiger partial charge in [-0.1, -0.05) is 17.7 Å². The maximum Gasteiger partial charge on any atom is 0.183 e. The number of hydrogen-bond donors (Lipinski definition) is 2. The first-order valence-electron chi connectivity index (χ1n) is 6.29. The standard InChI is InChI=1S/C10H12ClN5O/c1-16-10(13-14-15-16)7-4-6(9(12)5-17)2-3-8(7)11/h2-4,9,17H,5,12H2,1H3/i1D3. The minimum atomic E-state index is -2.52. The molecular formula is C10H12ClN5O. The highest BCUT2D eigenvalue weighted by Crippen LogP contribution is 2.28. The van der Waals surface area contributed by atoms with Crippen molar-refractivity contribution in [2.45, 2.75) is 6.04 Å². The largest absolute Gasteiger partial charge is 0.394 e. The molecule has 1 aromatic heterocycles. The minimum absolute atomic E-state index is 0.0157. The number of aliphatic hydroxyl groups excluding tert-OH is 1. The van der Waals surface area contributed by atoms with Crippen LogP contribution in [0.1, 0.15) is 15.7 Å². The first kappa shape index (κ1) is 8.57. The maximum atomic E-state index is 9.07. The molecular weight excluding hydrogens is 242 g/mol. The van der Waals surface area contributed by atoms with Gasteiger partial charge in [0, 0.05) is 16.7 Å². The smallest absolute Gasteiger partial charge is 0.183 e. The molecule has 0 spiro atoms. The average molecular weight is 257 g/mol. The molecule has 0 fully saturated rings. The summed E-state index contributed by atoms with van der Waals surface area (Å²) in [5.41, 5.74) is 6.67. The van der Waals surface area contributed by atoms with E-state index in [1.165, 1.54) is 0 Å². The van der Waals surface area contributed by atoms with Gasteiger partial charge in [0.2, 0.25) is 0 Å². The number of aromatic nitrogens is 4. The van der Waals surface area contributed by atoms with E-state index in [1.54, 1.807) is 18.2 Å². The Balaban J connectivity index is 2.56. The zero-order chi connectivity index (χ0) is 14.9. The second-order valence-corrected chi connectivity index (χ2v) is 3.85. The Morgan fingerprint density at radius 1 is 1.65 bits per heavy atom. The van der Waals surface area contributed by atoms with Crippen LogP contribution in [0.15, 0.2) is 18.2 Å². The molecule has 0 radical (unpaired) electrons. The van der Waals surface area contributed by atoms with E-state index >= 15 is 0 Å². The monoisotopic (exact) mass is 256 g/mol. The number of nitrogens with zero attached hydrogens (tertiary/aromatic N) is 4. The second kappa shape index (κ2) is 4.79. The normalized spacial score (nSPS) is 16.1. The number of hydrogen-bond acceptors (Lipinski definition) is 5. The van der Waals surface area contributed by atoms with Gasteiger partial charge in [0.25, 0.3) is 0 Å². The van der Waals surface area contributed by atoms with Gasteiger partial charge in [-0.3, -0.25) is 0 Å². The SMILES string of the molecule is [2H]C([2H])([2H])n1nnnc1-c1cc(C(N)CO)ccc1Cl. The van der Waals surface area contributed by atoms with Gasteiger partial charge >= 0.3 is 0 Å². The molecule has 6 nitrogen and oxygen atoms in total. The minimum Gasteiger partial charge on any atom is -0.394 e. The molecule has 0 bridgehead atoms. The van der Waals surface area contributed by atoms with Crippen molar-refractivity contribution < 1.29 is 9.22 Å². The van der Waals surface area contributed by atoms with Gasteiger partial charge in [0.1, 0.15) is 0 Å². The number of aryl methyl sites for hydroxylation is 1. The van der Waals surface area contributed by atoms with Crippen molar-refractivity contribution in [1.29, 1.82) is 0 Å². The topological polar surface area (TPSA) is 89.9 Å². The number of nitrogens with two attached hydrogens (primary N) is 1. The Labute approximate surface area is 107 Å². The van der Waals surface area contributed by atoms with E-state index in [9.17, 15) is 0 Å². The zero-order valence-electron chi connectivity index (χ0n) is 11.7. The molecule has 17 heavy (non-hydrogen) atoms. The molecule has 0 aliphatic carbocycles. The average Bonchev–Trinajstić information content (AvgIpc) is 2.87. The lowest BCUT2D eigenvalue weighted by atomic mass is 10.0. The van der Waals surface area contributed by atoms with Gasteiger partial charge in [0.15, 0.2) is 5.82 Å². The van der Waals surface area contributed by atoms with E-state index in [1.807, 2.05) is 0 Å². The fourth-order valence-corrected chi connectivity index (χ4v) is 1.61. The van der Waals surface area contributed by atoms with Crippen LogP contribution in [0.2, 0.25) is 5.02 Å². The molecule has 1 unspecified atom stereocenters. The first-order valence-corrected chi connectivity index (χ1v) is 5.17. The molecule has 2 aromatic rings. The Morgan fingerprint density at radius 2 is 2.47 bits per heavy atom. The van der Waals surface area contributed by atoms with Crippen LogP contribution in [-0.4, -0.2) is 31.9 Å². The maximum absolute atomic E-state index is 9.07. The van der Waals surface area contributed by atoms with Crippen LogP contribution in [0.4, 0.5) is 0 Å². The van der Waals surface area contributed by atoms with E-state index in [2.05, 4.69) is 15.5 Å². The van der Waals surface area contributed by atoms with E-state index in [-0.39, 0.29) is 12.4 Å². The molecule has 1 atom stereocenters. The summed E-state index contributed by atoms with van der Waals surface area (Å²) in [6.45, 7) is -2.76. The highest BCUT2D eigenvalue weighted by Gasteiger charge is 2.13. The quantitative estimate of drug-likeness (QED) is 0.836. The van der Waals surface area contributed by atoms with Crippen molar-refractivity contribution in [3.63, 3.8) is 0 Å². The number of benzene rings is 1. The van der Waals surface area contributed by atoms with Crippen LogP contribution in [0, 0.1) is 0 Å². The van der Waals surface area contributed by atoms with E-state index in [0.717, 1.165) is 0 Å². The Hall–Kier alpha value is -1.50. The van der Waals surface area contributed by atoms with Crippen molar-refractivity contribution in [2.24, 2.45) is 12.7 Å². The summed E-state index contributed by atoms with van der Waals surface area (Å²) in [6, 6.07) is 4.18. The fraction of sp³-hybridized carbons (Fsp3) is 0.300. The number of halogens is 1. The van der Waals surface area contributed by atoms with Crippen LogP contribution in [0.25, 0.3) is 11.4 Å². The van der Waals surface area contributed by atoms with Gasteiger partial charge < -0.3 is 10.8 Å². The van der Waals surface area contributed by atoms with Crippen molar-refractivity contribution in [2.75, 3.05) is 6.61 Å². The molecule has 0 aliphatic rings. The molecule has 0 saturated heterocycles. The van der Waals surface area contributed by atoms with Gasteiger partial charge in [-0.25, -0.2) is 4.68 Å². The molecule has 3 N–H and O–H groups in total. The molecule has 0 amide bonds. The van der Waals surface area contributed by atoms with E-state index < -0.39 is 13.0 Å². The van der Waals surface area contributed by atoms with E-state index in [0.29, 0.717) is 20.8 Å². The molecule has 7 heteroatoms. The lowest BCUT2D eigenvalue weighted by molar-refractivity contribution is 0.268. The van der Waals surface area contributed by atoms with Gasteiger partial charge in [-0.15, -0.1) is 5.10 Å². The summed E-state index contributed by atoms with van der Waals surface area (Å²) < 4.78 is 22.8. The zero-order valence-corrected chi connectivity index (χ0v) is 9.46. The summed E-state index contributed by atoms with van der Waals surface area (Å²) >= 11 is 6.06. The first-order chi connectivity index (χ1) is 9.34. The summed E-state index contributed by atoms with van der Waals surface area (Å²) in [4.78, 5) is 0. The third kappa shape index (κ3) is 2.28. The lowest BCUT2D eigenvalue weighted by Gasteiger charge is -2.11. The van der Waals surface area contributed by atoms with E-state index in [4.69, 9.17) is 26.6 Å². The molecule has 2 rings (SSSR count). The van der Waals surface area contributed by atoms with Crippen LogP contribution in [0.5, 0.6) is 0 Å². The van der Waals surface area contributed by atoms with Crippen molar-refractivity contribution in [3.8, 4) is 11.4 Å². The highest BCUT2D eigenvalue weighted by atomic mass is 35.5. The summed E-state index contributed by atoms with van der Waals surface area (Å²) in [5.74, 6) is 0.0157. The van der Waals surface area contributed by atoms with Crippen LogP contribution < -0.4 is 5.73 Å². The van der Waals surface area contributed by atoms with Crippen molar-refractivity contribution in [1.82, 2.24) is 20.2 Å². The van der Waals surface area contributed by atoms with Crippen LogP contribution in [0.3, 0.4) is 0 Å². The van der Waals surface area contributed by atoms with Crippen LogP contribution in [-0.2, 0) is 6.98 Å². The Morgan fingerprint density at radius 3 is 3.18 bits per heavy atom. The summed E-state index contributed by atoms with van der Waals surface area (Å²) in [7, 11) is 0. The summed E-state index contributed by atoms with van der Waals surface area (Å²) in [6.07, 6.45) is 0. The number of rotatable bonds is 3. The van der Waals surface area contributed by atoms with Gasteiger partial charge in [-0.05, 0) is 28.1 Å². The molecule has 0 aliphatic heterocycles. The molecule has 90 valence electrons.